The number of halogens is 1. The van der Waals surface area contributed by atoms with E-state index < -0.39 is 6.29 Å². The minimum atomic E-state index is -0.459. The summed E-state index contributed by atoms with van der Waals surface area (Å²) in [6.07, 6.45) is 3.50. The molecule has 0 fully saturated rings. The number of amides is 1. The number of nitrogens with one attached hydrogen (secondary N) is 1. The van der Waals surface area contributed by atoms with Crippen LogP contribution in [0.3, 0.4) is 0 Å². The summed E-state index contributed by atoms with van der Waals surface area (Å²) in [6.45, 7) is 0.652. The molecule has 126 valence electrons. The van der Waals surface area contributed by atoms with E-state index in [0.29, 0.717) is 25.2 Å². The quantitative estimate of drug-likeness (QED) is 0.710. The molecule has 1 aromatic rings. The molecule has 2 N–H and O–H groups in total. The molecule has 0 aliphatic carbocycles. The standard InChI is InChI=1S/C17H22BrNO4/c1-19-17(21)15-10-13(12-4-6-14(18)7-5-12)11-16(23-15)22-9-3-2-8-20/h4-7,10,13,16,20H,2-3,8-9,11H2,1H3,(H,19,21)/t13-,16+/m1/s1. The molecule has 1 amide bonds. The molecule has 1 aliphatic heterocycles. The molecule has 0 radical (unpaired) electrons. The van der Waals surface area contributed by atoms with Gasteiger partial charge in [0.25, 0.3) is 5.91 Å². The first-order chi connectivity index (χ1) is 11.1. The predicted molar refractivity (Wildman–Crippen MR) is 90.8 cm³/mol. The smallest absolute Gasteiger partial charge is 0.285 e. The monoisotopic (exact) mass is 383 g/mol. The molecule has 23 heavy (non-hydrogen) atoms. The lowest BCUT2D eigenvalue weighted by atomic mass is 9.93. The van der Waals surface area contributed by atoms with E-state index in [1.165, 1.54) is 0 Å². The van der Waals surface area contributed by atoms with Gasteiger partial charge in [-0.2, -0.15) is 0 Å². The van der Waals surface area contributed by atoms with Crippen LogP contribution in [0.2, 0.25) is 0 Å². The van der Waals surface area contributed by atoms with Crippen LogP contribution < -0.4 is 5.32 Å². The lowest BCUT2D eigenvalue weighted by molar-refractivity contribution is -0.146. The van der Waals surface area contributed by atoms with Crippen LogP contribution in [-0.2, 0) is 14.3 Å². The maximum atomic E-state index is 11.9. The molecule has 0 unspecified atom stereocenters. The molecule has 5 nitrogen and oxygen atoms in total. The van der Waals surface area contributed by atoms with Crippen molar-refractivity contribution in [2.45, 2.75) is 31.5 Å². The van der Waals surface area contributed by atoms with Crippen molar-refractivity contribution in [1.29, 1.82) is 0 Å². The number of carbonyl (C=O) groups excluding carboxylic acids is 1. The third kappa shape index (κ3) is 5.34. The van der Waals surface area contributed by atoms with Gasteiger partial charge in [0, 0.05) is 30.5 Å². The highest BCUT2D eigenvalue weighted by atomic mass is 79.9. The molecular formula is C17H22BrNO4. The minimum Gasteiger partial charge on any atom is -0.459 e. The minimum absolute atomic E-state index is 0.0620. The lowest BCUT2D eigenvalue weighted by Gasteiger charge is -2.29. The van der Waals surface area contributed by atoms with Crippen LogP contribution >= 0.6 is 15.9 Å². The van der Waals surface area contributed by atoms with Gasteiger partial charge in [0.15, 0.2) is 5.76 Å². The second kappa shape index (κ2) is 9.05. The fraction of sp³-hybridized carbons (Fsp3) is 0.471. The normalized spacial score (nSPS) is 20.6. The maximum Gasteiger partial charge on any atom is 0.285 e. The summed E-state index contributed by atoms with van der Waals surface area (Å²) in [5.74, 6) is 0.0987. The number of allylic oxidation sites excluding steroid dienone is 1. The van der Waals surface area contributed by atoms with Crippen molar-refractivity contribution in [3.05, 3.63) is 46.1 Å². The zero-order valence-electron chi connectivity index (χ0n) is 13.1. The lowest BCUT2D eigenvalue weighted by Crippen LogP contribution is -2.31. The number of hydrogen-bond donors (Lipinski definition) is 2. The van der Waals surface area contributed by atoms with Crippen molar-refractivity contribution >= 4 is 21.8 Å². The molecule has 0 saturated heterocycles. The summed E-state index contributed by atoms with van der Waals surface area (Å²) < 4.78 is 12.4. The van der Waals surface area contributed by atoms with Crippen LogP contribution in [0.25, 0.3) is 0 Å². The Kier molecular flexibility index (Phi) is 7.08. The van der Waals surface area contributed by atoms with E-state index in [2.05, 4.69) is 21.2 Å². The van der Waals surface area contributed by atoms with E-state index in [9.17, 15) is 4.79 Å². The first-order valence-electron chi connectivity index (χ1n) is 7.72. The van der Waals surface area contributed by atoms with Crippen LogP contribution in [0.15, 0.2) is 40.6 Å². The second-order valence-electron chi connectivity index (χ2n) is 5.35. The van der Waals surface area contributed by atoms with Crippen LogP contribution in [0, 0.1) is 0 Å². The Morgan fingerprint density at radius 1 is 1.39 bits per heavy atom. The van der Waals surface area contributed by atoms with Crippen molar-refractivity contribution in [2.75, 3.05) is 20.3 Å². The van der Waals surface area contributed by atoms with Crippen LogP contribution in [0.1, 0.15) is 30.7 Å². The Morgan fingerprint density at radius 3 is 2.78 bits per heavy atom. The van der Waals surface area contributed by atoms with Gasteiger partial charge >= 0.3 is 0 Å². The average molecular weight is 384 g/mol. The first-order valence-corrected chi connectivity index (χ1v) is 8.52. The Hall–Kier alpha value is -1.37. The van der Waals surface area contributed by atoms with Crippen molar-refractivity contribution in [3.8, 4) is 0 Å². The number of likely N-dealkylation sites (N-methyl/N-ethyl adjacent to an activating group) is 1. The Labute approximate surface area is 144 Å². The van der Waals surface area contributed by atoms with Crippen molar-refractivity contribution in [3.63, 3.8) is 0 Å². The number of aliphatic hydroxyl groups is 1. The number of ether oxygens (including phenoxy) is 2. The van der Waals surface area contributed by atoms with E-state index in [4.69, 9.17) is 14.6 Å². The predicted octanol–water partition coefficient (Wildman–Crippen LogP) is 2.70. The molecule has 0 spiro atoms. The molecule has 2 rings (SSSR count). The first kappa shape index (κ1) is 18.0. The van der Waals surface area contributed by atoms with Gasteiger partial charge in [0.1, 0.15) is 0 Å². The van der Waals surface area contributed by atoms with Crippen molar-refractivity contribution < 1.29 is 19.4 Å². The molecule has 0 bridgehead atoms. The number of benzene rings is 1. The molecule has 1 heterocycles. The van der Waals surface area contributed by atoms with Crippen molar-refractivity contribution in [2.24, 2.45) is 0 Å². The maximum absolute atomic E-state index is 11.9. The van der Waals surface area contributed by atoms with Crippen LogP contribution in [0.4, 0.5) is 0 Å². The van der Waals surface area contributed by atoms with Crippen molar-refractivity contribution in [1.82, 2.24) is 5.32 Å². The highest BCUT2D eigenvalue weighted by Gasteiger charge is 2.28. The van der Waals surface area contributed by atoms with Gasteiger partial charge in [-0.05, 0) is 36.6 Å². The molecule has 1 aliphatic rings. The summed E-state index contributed by atoms with van der Waals surface area (Å²) in [4.78, 5) is 11.9. The molecule has 1 aromatic carbocycles. The van der Waals surface area contributed by atoms with E-state index in [-0.39, 0.29) is 18.4 Å². The molecule has 0 saturated carbocycles. The van der Waals surface area contributed by atoms with Gasteiger partial charge < -0.3 is 19.9 Å². The summed E-state index contributed by atoms with van der Waals surface area (Å²) in [5, 5.41) is 11.4. The van der Waals surface area contributed by atoms with E-state index in [1.807, 2.05) is 30.3 Å². The number of aliphatic hydroxyl groups excluding tert-OH is 1. The highest BCUT2D eigenvalue weighted by molar-refractivity contribution is 9.10. The fourth-order valence-corrected chi connectivity index (χ4v) is 2.68. The van der Waals surface area contributed by atoms with Gasteiger partial charge in [0.2, 0.25) is 6.29 Å². The number of hydrogen-bond acceptors (Lipinski definition) is 4. The van der Waals surface area contributed by atoms with E-state index in [1.54, 1.807) is 7.05 Å². The number of unbranched alkanes of at least 4 members (excludes halogenated alkanes) is 1. The second-order valence-corrected chi connectivity index (χ2v) is 6.27. The van der Waals surface area contributed by atoms with Gasteiger partial charge in [-0.15, -0.1) is 0 Å². The summed E-state index contributed by atoms with van der Waals surface area (Å²) in [7, 11) is 1.58. The zero-order valence-corrected chi connectivity index (χ0v) is 14.7. The Balaban J connectivity index is 2.09. The van der Waals surface area contributed by atoms with Gasteiger partial charge in [-0.3, -0.25) is 4.79 Å². The number of rotatable bonds is 7. The van der Waals surface area contributed by atoms with Crippen LogP contribution in [-0.4, -0.2) is 37.6 Å². The van der Waals surface area contributed by atoms with E-state index in [0.717, 1.165) is 16.5 Å². The Morgan fingerprint density at radius 2 is 2.13 bits per heavy atom. The summed E-state index contributed by atoms with van der Waals surface area (Å²) >= 11 is 3.43. The highest BCUT2D eigenvalue weighted by Crippen LogP contribution is 2.32. The third-order valence-corrected chi connectivity index (χ3v) is 4.19. The average Bonchev–Trinajstić information content (AvgIpc) is 2.58. The van der Waals surface area contributed by atoms with Crippen LogP contribution in [0.5, 0.6) is 0 Å². The molecular weight excluding hydrogens is 362 g/mol. The molecule has 0 aromatic heterocycles. The third-order valence-electron chi connectivity index (χ3n) is 3.66. The molecule has 6 heteroatoms. The fourth-order valence-electron chi connectivity index (χ4n) is 2.41. The SMILES string of the molecule is CNC(=O)C1=C[C@@H](c2ccc(Br)cc2)C[C@@H](OCCCCO)O1. The topological polar surface area (TPSA) is 67.8 Å². The molecule has 2 atom stereocenters. The van der Waals surface area contributed by atoms with E-state index >= 15 is 0 Å². The summed E-state index contributed by atoms with van der Waals surface area (Å²) in [5.41, 5.74) is 1.11. The zero-order chi connectivity index (χ0) is 16.7. The van der Waals surface area contributed by atoms with Gasteiger partial charge in [-0.1, -0.05) is 28.1 Å². The Bertz CT molecular complexity index is 544. The summed E-state index contributed by atoms with van der Waals surface area (Å²) in [6, 6.07) is 8.02. The van der Waals surface area contributed by atoms with Gasteiger partial charge in [-0.25, -0.2) is 0 Å². The number of carbonyl (C=O) groups is 1. The van der Waals surface area contributed by atoms with Gasteiger partial charge in [0.05, 0.1) is 6.61 Å². The largest absolute Gasteiger partial charge is 0.459 e.